The minimum absolute atomic E-state index is 0.0235. The molecule has 3 amide bonds. The molecule has 58 heavy (non-hydrogen) atoms. The first kappa shape index (κ1) is 46.2. The van der Waals surface area contributed by atoms with Crippen LogP contribution in [0.1, 0.15) is 53.0 Å². The minimum atomic E-state index is -1.29. The summed E-state index contributed by atoms with van der Waals surface area (Å²) in [6.07, 6.45) is 0.966. The van der Waals surface area contributed by atoms with Crippen LogP contribution in [-0.4, -0.2) is 117 Å². The first-order valence-corrected chi connectivity index (χ1v) is 18.7. The van der Waals surface area contributed by atoms with Gasteiger partial charge in [0.25, 0.3) is 11.9 Å². The average molecular weight is 812 g/mol. The molecule has 0 aromatic heterocycles. The second-order valence-corrected chi connectivity index (χ2v) is 15.7. The van der Waals surface area contributed by atoms with Crippen molar-refractivity contribution in [1.82, 2.24) is 25.8 Å². The van der Waals surface area contributed by atoms with Crippen molar-refractivity contribution in [3.63, 3.8) is 0 Å². The van der Waals surface area contributed by atoms with Gasteiger partial charge < -0.3 is 36.8 Å². The third-order valence-electron chi connectivity index (χ3n) is 8.83. The van der Waals surface area contributed by atoms with Crippen molar-refractivity contribution in [3.8, 4) is 0 Å². The Balaban J connectivity index is 1.56. The minimum Gasteiger partial charge on any atom is -0.480 e. The van der Waals surface area contributed by atoms with Crippen LogP contribution in [-0.2, 0) is 30.4 Å². The average Bonchev–Trinajstić information content (AvgIpc) is 3.11. The molecule has 3 rings (SSSR count). The quantitative estimate of drug-likeness (QED) is 0.0705. The van der Waals surface area contributed by atoms with Gasteiger partial charge in [0, 0.05) is 69.2 Å². The van der Waals surface area contributed by atoms with Crippen LogP contribution in [0.2, 0.25) is 0 Å². The smallest absolute Gasteiger partial charge is 0.327 e. The molecule has 2 aromatic carbocycles. The highest BCUT2D eigenvalue weighted by molar-refractivity contribution is 5.91. The van der Waals surface area contributed by atoms with Crippen molar-refractivity contribution < 1.29 is 44.0 Å². The zero-order chi connectivity index (χ0) is 43.2. The van der Waals surface area contributed by atoms with Crippen LogP contribution in [0, 0.1) is 31.6 Å². The molecule has 2 aromatic rings. The Hall–Kier alpha value is -6.15. The number of carbonyl (C=O) groups is 5. The van der Waals surface area contributed by atoms with Crippen LogP contribution in [0.15, 0.2) is 60.6 Å². The Bertz CT molecular complexity index is 1800. The number of nitro groups is 2. The van der Waals surface area contributed by atoms with E-state index >= 15 is 0 Å². The van der Waals surface area contributed by atoms with Crippen molar-refractivity contribution in [2.24, 2.45) is 11.3 Å². The van der Waals surface area contributed by atoms with E-state index in [0.717, 1.165) is 0 Å². The Morgan fingerprint density at radius 1 is 0.741 bits per heavy atom. The van der Waals surface area contributed by atoms with Crippen LogP contribution >= 0.6 is 0 Å². The highest BCUT2D eigenvalue weighted by Crippen LogP contribution is 2.20. The topological polar surface area (TPSA) is 279 Å². The van der Waals surface area contributed by atoms with E-state index in [-0.39, 0.29) is 61.1 Å². The molecule has 0 bridgehead atoms. The molecule has 3 unspecified atom stereocenters. The lowest BCUT2D eigenvalue weighted by Gasteiger charge is -2.37. The van der Waals surface area contributed by atoms with E-state index in [1.54, 1.807) is 24.3 Å². The number of nitrogens with one attached hydrogen (secondary N) is 5. The van der Waals surface area contributed by atoms with Gasteiger partial charge in [-0.25, -0.2) is 9.59 Å². The number of nitro benzene ring substituents is 1. The summed E-state index contributed by atoms with van der Waals surface area (Å²) in [6.45, 7) is 11.0. The van der Waals surface area contributed by atoms with Crippen molar-refractivity contribution in [3.05, 3.63) is 86.3 Å². The van der Waals surface area contributed by atoms with E-state index in [1.807, 2.05) is 44.4 Å². The van der Waals surface area contributed by atoms with Gasteiger partial charge in [0.2, 0.25) is 17.7 Å². The van der Waals surface area contributed by atoms with Crippen LogP contribution in [0.4, 0.5) is 17.1 Å². The molecule has 3 atom stereocenters. The van der Waals surface area contributed by atoms with Crippen LogP contribution in [0.3, 0.4) is 0 Å². The van der Waals surface area contributed by atoms with Crippen molar-refractivity contribution in [1.29, 1.82) is 0 Å². The third-order valence-corrected chi connectivity index (χ3v) is 8.83. The van der Waals surface area contributed by atoms with Gasteiger partial charge in [-0.1, -0.05) is 46.8 Å². The largest absolute Gasteiger partial charge is 0.480 e. The number of rotatable bonds is 21. The molecular weight excluding hydrogens is 758 g/mol. The molecule has 1 fully saturated rings. The first-order chi connectivity index (χ1) is 27.2. The predicted octanol–water partition coefficient (Wildman–Crippen LogP) is 2.46. The number of anilines is 2. The van der Waals surface area contributed by atoms with E-state index < -0.39 is 51.7 Å². The standard InChI is InChI=1S/C38H53N9O11/c1-24(2)18-29(35(50)43-31(37(53)54)22-45-16-14-44(15-17-45)21-30(36(51)52)42-34(49)20-38(3,4)5)41-33(48)19-25-6-8-26(9-7-25)39-32(23-46(55)56)40-27-10-12-28(13-11-27)47(57)58/h6-13,23-24,29-31,39-40H,14-22H2,1-5H3,(H,41,48)(H,42,49)(H,43,50)(H,51,52)(H,53,54)/b32-23-. The summed E-state index contributed by atoms with van der Waals surface area (Å²) in [5, 5.41) is 55.4. The maximum Gasteiger partial charge on any atom is 0.327 e. The van der Waals surface area contributed by atoms with Crippen LogP contribution in [0.25, 0.3) is 0 Å². The Kier molecular flexibility index (Phi) is 17.1. The fourth-order valence-corrected chi connectivity index (χ4v) is 6.06. The first-order valence-electron chi connectivity index (χ1n) is 18.7. The number of hydrogen-bond donors (Lipinski definition) is 7. The Labute approximate surface area is 335 Å². The van der Waals surface area contributed by atoms with Crippen LogP contribution < -0.4 is 26.6 Å². The fourth-order valence-electron chi connectivity index (χ4n) is 6.06. The molecular formula is C38H53N9O11. The summed E-state index contributed by atoms with van der Waals surface area (Å²) in [5.41, 5.74) is 0.885. The van der Waals surface area contributed by atoms with Gasteiger partial charge in [-0.15, -0.1) is 0 Å². The molecule has 0 saturated carbocycles. The maximum atomic E-state index is 13.4. The highest BCUT2D eigenvalue weighted by Gasteiger charge is 2.31. The second kappa shape index (κ2) is 21.4. The molecule has 0 radical (unpaired) electrons. The number of aliphatic carboxylic acids is 2. The van der Waals surface area contributed by atoms with Gasteiger partial charge in [-0.3, -0.25) is 44.4 Å². The summed E-state index contributed by atoms with van der Waals surface area (Å²) in [5.74, 6) is -3.98. The Morgan fingerprint density at radius 2 is 1.21 bits per heavy atom. The molecule has 1 aliphatic heterocycles. The SMILES string of the molecule is CC(C)CC(NC(=O)Cc1ccc(N/C(=C/[N+](=O)[O-])Nc2ccc([N+](=O)[O-])cc2)cc1)C(=O)NC(CN1CCN(CC(NC(=O)CC(C)(C)C)C(=O)O)CC1)C(=O)O. The summed E-state index contributed by atoms with van der Waals surface area (Å²) < 4.78 is 0. The number of carboxylic acids is 2. The molecule has 1 heterocycles. The number of carboxylic acid groups (broad SMARTS) is 2. The van der Waals surface area contributed by atoms with Gasteiger partial charge in [0.05, 0.1) is 16.3 Å². The highest BCUT2D eigenvalue weighted by atomic mass is 16.6. The van der Waals surface area contributed by atoms with Crippen molar-refractivity contribution in [2.45, 2.75) is 72.0 Å². The number of carbonyl (C=O) groups excluding carboxylic acids is 3. The molecule has 1 aliphatic rings. The normalized spacial score (nSPS) is 15.4. The van der Waals surface area contributed by atoms with Gasteiger partial charge in [0.15, 0.2) is 5.82 Å². The summed E-state index contributed by atoms with van der Waals surface area (Å²) in [7, 11) is 0. The van der Waals surface area contributed by atoms with E-state index in [4.69, 9.17) is 0 Å². The number of nitrogens with zero attached hydrogens (tertiary/aromatic N) is 4. The molecule has 0 spiro atoms. The summed E-state index contributed by atoms with van der Waals surface area (Å²) in [6, 6.07) is 8.25. The molecule has 316 valence electrons. The van der Waals surface area contributed by atoms with Crippen molar-refractivity contribution >= 4 is 46.7 Å². The maximum absolute atomic E-state index is 13.4. The molecule has 0 aliphatic carbocycles. The van der Waals surface area contributed by atoms with Gasteiger partial charge in [-0.2, -0.15) is 0 Å². The van der Waals surface area contributed by atoms with Crippen molar-refractivity contribution in [2.75, 3.05) is 49.9 Å². The van der Waals surface area contributed by atoms with E-state index in [2.05, 4.69) is 26.6 Å². The van der Waals surface area contributed by atoms with Crippen LogP contribution in [0.5, 0.6) is 0 Å². The van der Waals surface area contributed by atoms with Gasteiger partial charge in [-0.05, 0) is 47.6 Å². The third kappa shape index (κ3) is 16.5. The number of piperazine rings is 1. The lowest BCUT2D eigenvalue weighted by molar-refractivity contribution is -0.403. The van der Waals surface area contributed by atoms with E-state index in [9.17, 15) is 54.4 Å². The summed E-state index contributed by atoms with van der Waals surface area (Å²) >= 11 is 0. The summed E-state index contributed by atoms with van der Waals surface area (Å²) in [4.78, 5) is 87.7. The molecule has 1 saturated heterocycles. The number of hydrogen-bond acceptors (Lipinski definition) is 13. The molecule has 7 N–H and O–H groups in total. The predicted molar refractivity (Wildman–Crippen MR) is 213 cm³/mol. The number of non-ortho nitro benzene ring substituents is 1. The van der Waals surface area contributed by atoms with Gasteiger partial charge in [0.1, 0.15) is 18.1 Å². The lowest BCUT2D eigenvalue weighted by Crippen LogP contribution is -2.58. The van der Waals surface area contributed by atoms with E-state index in [1.165, 1.54) is 24.3 Å². The fraction of sp³-hybridized carbons (Fsp3) is 0.500. The van der Waals surface area contributed by atoms with Gasteiger partial charge >= 0.3 is 11.9 Å². The Morgan fingerprint density at radius 3 is 1.64 bits per heavy atom. The number of amides is 3. The lowest BCUT2D eigenvalue weighted by atomic mass is 9.92. The molecule has 20 nitrogen and oxygen atoms in total. The molecule has 20 heteroatoms. The number of benzene rings is 2. The zero-order valence-corrected chi connectivity index (χ0v) is 33.2. The van der Waals surface area contributed by atoms with E-state index in [0.29, 0.717) is 49.3 Å². The monoisotopic (exact) mass is 811 g/mol. The zero-order valence-electron chi connectivity index (χ0n) is 33.2. The second-order valence-electron chi connectivity index (χ2n) is 15.7.